The molecule has 1 atom stereocenters. The Morgan fingerprint density at radius 2 is 2.04 bits per heavy atom. The van der Waals surface area contributed by atoms with Crippen molar-refractivity contribution in [3.05, 3.63) is 35.9 Å². The zero-order valence-corrected chi connectivity index (χ0v) is 16.9. The number of hydrogen-bond donors (Lipinski definition) is 2. The van der Waals surface area contributed by atoms with Crippen molar-refractivity contribution in [1.29, 1.82) is 0 Å². The summed E-state index contributed by atoms with van der Waals surface area (Å²) in [6.07, 6.45) is 2.53. The van der Waals surface area contributed by atoms with E-state index in [4.69, 9.17) is 4.99 Å². The Balaban J connectivity index is 0.00000264. The molecule has 2 N–H and O–H groups in total. The number of nitrogens with one attached hydrogen (secondary N) is 2. The Labute approximate surface area is 158 Å². The predicted molar refractivity (Wildman–Crippen MR) is 110 cm³/mol. The van der Waals surface area contributed by atoms with Gasteiger partial charge in [0.05, 0.1) is 6.54 Å². The van der Waals surface area contributed by atoms with E-state index in [9.17, 15) is 0 Å². The van der Waals surface area contributed by atoms with Gasteiger partial charge in [0.25, 0.3) is 0 Å². The lowest BCUT2D eigenvalue weighted by Crippen LogP contribution is -2.42. The molecule has 0 saturated carbocycles. The van der Waals surface area contributed by atoms with Crippen molar-refractivity contribution >= 4 is 29.9 Å². The molecule has 0 aromatic heterocycles. The first-order valence-corrected chi connectivity index (χ1v) is 8.52. The second-order valence-corrected chi connectivity index (χ2v) is 6.27. The third kappa shape index (κ3) is 7.08. The Hall–Kier alpha value is -0.820. The molecule has 1 aliphatic heterocycles. The van der Waals surface area contributed by atoms with Crippen LogP contribution in [-0.2, 0) is 6.54 Å². The van der Waals surface area contributed by atoms with Crippen LogP contribution < -0.4 is 10.6 Å². The van der Waals surface area contributed by atoms with Gasteiger partial charge in [-0.05, 0) is 45.7 Å². The molecule has 0 radical (unpaired) electrons. The molecule has 23 heavy (non-hydrogen) atoms. The molecule has 1 heterocycles. The van der Waals surface area contributed by atoms with Crippen LogP contribution in [0.4, 0.5) is 0 Å². The monoisotopic (exact) mass is 430 g/mol. The van der Waals surface area contributed by atoms with Gasteiger partial charge in [0, 0.05) is 25.2 Å². The van der Waals surface area contributed by atoms with Crippen molar-refractivity contribution in [2.24, 2.45) is 4.99 Å². The molecule has 1 aliphatic rings. The lowest BCUT2D eigenvalue weighted by molar-refractivity contribution is 0.250. The first kappa shape index (κ1) is 20.2. The quantitative estimate of drug-likeness (QED) is 0.414. The van der Waals surface area contributed by atoms with Gasteiger partial charge in [-0.2, -0.15) is 0 Å². The topological polar surface area (TPSA) is 39.7 Å². The van der Waals surface area contributed by atoms with E-state index in [1.165, 1.54) is 24.9 Å². The normalized spacial score (nSPS) is 18.8. The van der Waals surface area contributed by atoms with Crippen LogP contribution in [0.15, 0.2) is 35.3 Å². The van der Waals surface area contributed by atoms with E-state index in [-0.39, 0.29) is 24.0 Å². The van der Waals surface area contributed by atoms with Gasteiger partial charge in [0.15, 0.2) is 5.96 Å². The maximum atomic E-state index is 4.78. The van der Waals surface area contributed by atoms with Crippen molar-refractivity contribution in [3.8, 4) is 0 Å². The highest BCUT2D eigenvalue weighted by atomic mass is 127. The van der Waals surface area contributed by atoms with Crippen LogP contribution in [0.25, 0.3) is 0 Å². The first-order valence-electron chi connectivity index (χ1n) is 8.52. The SMILES string of the molecule is CCNC(=NCC1CCCN1Cc1ccccc1)NC(C)C.I. The summed E-state index contributed by atoms with van der Waals surface area (Å²) < 4.78 is 0. The second kappa shape index (κ2) is 10.9. The highest BCUT2D eigenvalue weighted by Gasteiger charge is 2.24. The molecule has 130 valence electrons. The highest BCUT2D eigenvalue weighted by Crippen LogP contribution is 2.20. The van der Waals surface area contributed by atoms with Crippen LogP contribution in [0.1, 0.15) is 39.2 Å². The summed E-state index contributed by atoms with van der Waals surface area (Å²) in [6.45, 7) is 10.4. The molecule has 0 amide bonds. The van der Waals surface area contributed by atoms with Gasteiger partial charge in [-0.3, -0.25) is 9.89 Å². The third-order valence-corrected chi connectivity index (χ3v) is 3.96. The number of rotatable bonds is 6. The Morgan fingerprint density at radius 3 is 2.70 bits per heavy atom. The number of benzene rings is 1. The van der Waals surface area contributed by atoms with Gasteiger partial charge < -0.3 is 10.6 Å². The summed E-state index contributed by atoms with van der Waals surface area (Å²) in [5.74, 6) is 0.934. The molecular formula is C18H31IN4. The fourth-order valence-corrected chi connectivity index (χ4v) is 2.92. The van der Waals surface area contributed by atoms with Gasteiger partial charge in [-0.15, -0.1) is 24.0 Å². The van der Waals surface area contributed by atoms with Gasteiger partial charge >= 0.3 is 0 Å². The van der Waals surface area contributed by atoms with Crippen LogP contribution >= 0.6 is 24.0 Å². The summed E-state index contributed by atoms with van der Waals surface area (Å²) in [6, 6.07) is 11.7. The van der Waals surface area contributed by atoms with Gasteiger partial charge in [0.1, 0.15) is 0 Å². The maximum absolute atomic E-state index is 4.78. The second-order valence-electron chi connectivity index (χ2n) is 6.27. The molecule has 1 fully saturated rings. The largest absolute Gasteiger partial charge is 0.357 e. The standard InChI is InChI=1S/C18H30N4.HI/c1-4-19-18(21-15(2)3)20-13-17-11-8-12-22(17)14-16-9-6-5-7-10-16;/h5-7,9-10,15,17H,4,8,11-14H2,1-3H3,(H2,19,20,21);1H. The van der Waals surface area contributed by atoms with Gasteiger partial charge in [-0.1, -0.05) is 30.3 Å². The van der Waals surface area contributed by atoms with Crippen LogP contribution in [0.2, 0.25) is 0 Å². The summed E-state index contributed by atoms with van der Waals surface area (Å²) >= 11 is 0. The van der Waals surface area contributed by atoms with Crippen molar-refractivity contribution < 1.29 is 0 Å². The number of hydrogen-bond acceptors (Lipinski definition) is 2. The van der Waals surface area contributed by atoms with Crippen molar-refractivity contribution in [1.82, 2.24) is 15.5 Å². The Kier molecular flexibility index (Phi) is 9.55. The van der Waals surface area contributed by atoms with Gasteiger partial charge in [0.2, 0.25) is 0 Å². The Morgan fingerprint density at radius 1 is 1.30 bits per heavy atom. The predicted octanol–water partition coefficient (Wildman–Crippen LogP) is 3.23. The first-order chi connectivity index (χ1) is 10.7. The third-order valence-electron chi connectivity index (χ3n) is 3.96. The molecule has 1 unspecified atom stereocenters. The Bertz CT molecular complexity index is 461. The molecule has 1 saturated heterocycles. The van der Waals surface area contributed by atoms with Crippen LogP contribution in [0, 0.1) is 0 Å². The van der Waals surface area contributed by atoms with E-state index in [1.54, 1.807) is 0 Å². The zero-order valence-electron chi connectivity index (χ0n) is 14.6. The lowest BCUT2D eigenvalue weighted by atomic mass is 10.2. The van der Waals surface area contributed by atoms with E-state index >= 15 is 0 Å². The highest BCUT2D eigenvalue weighted by molar-refractivity contribution is 14.0. The summed E-state index contributed by atoms with van der Waals surface area (Å²) in [5.41, 5.74) is 1.39. The molecule has 0 bridgehead atoms. The number of nitrogens with zero attached hydrogens (tertiary/aromatic N) is 2. The number of likely N-dealkylation sites (tertiary alicyclic amines) is 1. The van der Waals surface area contributed by atoms with E-state index < -0.39 is 0 Å². The molecule has 0 spiro atoms. The number of halogens is 1. The molecule has 0 aliphatic carbocycles. The van der Waals surface area contributed by atoms with Gasteiger partial charge in [-0.25, -0.2) is 0 Å². The molecule has 1 aromatic carbocycles. The summed E-state index contributed by atoms with van der Waals surface area (Å²) in [4.78, 5) is 7.35. The fraction of sp³-hybridized carbons (Fsp3) is 0.611. The van der Waals surface area contributed by atoms with E-state index in [0.29, 0.717) is 12.1 Å². The van der Waals surface area contributed by atoms with E-state index in [2.05, 4.69) is 66.6 Å². The molecule has 4 nitrogen and oxygen atoms in total. The minimum atomic E-state index is 0. The average molecular weight is 430 g/mol. The minimum absolute atomic E-state index is 0. The van der Waals surface area contributed by atoms with Crippen LogP contribution in [0.3, 0.4) is 0 Å². The van der Waals surface area contributed by atoms with Crippen LogP contribution in [0.5, 0.6) is 0 Å². The number of aliphatic imine (C=N–C) groups is 1. The summed E-state index contributed by atoms with van der Waals surface area (Å²) in [5, 5.41) is 6.71. The summed E-state index contributed by atoms with van der Waals surface area (Å²) in [7, 11) is 0. The van der Waals surface area contributed by atoms with Crippen molar-refractivity contribution in [3.63, 3.8) is 0 Å². The average Bonchev–Trinajstić information content (AvgIpc) is 2.93. The number of guanidine groups is 1. The molecule has 2 rings (SSSR count). The molecule has 5 heteroatoms. The van der Waals surface area contributed by atoms with E-state index in [0.717, 1.165) is 25.6 Å². The lowest BCUT2D eigenvalue weighted by Gasteiger charge is -2.24. The van der Waals surface area contributed by atoms with Crippen LogP contribution in [-0.4, -0.2) is 42.6 Å². The smallest absolute Gasteiger partial charge is 0.191 e. The van der Waals surface area contributed by atoms with Crippen molar-refractivity contribution in [2.75, 3.05) is 19.6 Å². The fourth-order valence-electron chi connectivity index (χ4n) is 2.92. The van der Waals surface area contributed by atoms with E-state index in [1.807, 2.05) is 0 Å². The maximum Gasteiger partial charge on any atom is 0.191 e. The molecule has 1 aromatic rings. The van der Waals surface area contributed by atoms with Crippen molar-refractivity contribution in [2.45, 2.75) is 52.2 Å². The molecular weight excluding hydrogens is 399 g/mol. The minimum Gasteiger partial charge on any atom is -0.357 e. The zero-order chi connectivity index (χ0) is 15.8.